The molecule has 0 fully saturated rings. The molecule has 0 saturated heterocycles. The Balaban J connectivity index is 1.59. The maximum atomic E-state index is 5.57. The number of hydrogen-bond donors (Lipinski definition) is 1. The Kier molecular flexibility index (Phi) is 3.96. The van der Waals surface area contributed by atoms with Gasteiger partial charge in [-0.15, -0.1) is 0 Å². The molecule has 0 bridgehead atoms. The van der Waals surface area contributed by atoms with Crippen molar-refractivity contribution in [1.82, 2.24) is 10.3 Å². The van der Waals surface area contributed by atoms with Crippen LogP contribution < -0.4 is 19.5 Å². The van der Waals surface area contributed by atoms with Gasteiger partial charge in [-0.1, -0.05) is 13.8 Å². The van der Waals surface area contributed by atoms with Gasteiger partial charge in [0.1, 0.15) is 12.0 Å². The molecular formula is C15H18N2O4. The largest absolute Gasteiger partial charge is 0.454 e. The third-order valence-corrected chi connectivity index (χ3v) is 2.94. The fraction of sp³-hybridized carbons (Fsp3) is 0.400. The van der Waals surface area contributed by atoms with E-state index in [4.69, 9.17) is 18.6 Å². The molecular weight excluding hydrogens is 272 g/mol. The number of nitrogens with one attached hydrogen (secondary N) is 1. The molecule has 1 aliphatic rings. The average molecular weight is 290 g/mol. The topological polar surface area (TPSA) is 65.8 Å². The SMILES string of the molecule is CC(C)CNCc1coc(Oc2ccc3c(c2)OCO3)n1. The van der Waals surface area contributed by atoms with E-state index in [1.54, 1.807) is 24.5 Å². The second kappa shape index (κ2) is 6.05. The first-order chi connectivity index (χ1) is 10.2. The van der Waals surface area contributed by atoms with Gasteiger partial charge in [-0.3, -0.25) is 0 Å². The molecule has 6 heteroatoms. The summed E-state index contributed by atoms with van der Waals surface area (Å²) >= 11 is 0. The number of rotatable bonds is 6. The van der Waals surface area contributed by atoms with Crippen molar-refractivity contribution < 1.29 is 18.6 Å². The minimum Gasteiger partial charge on any atom is -0.454 e. The summed E-state index contributed by atoms with van der Waals surface area (Å²) in [6.45, 7) is 6.15. The quantitative estimate of drug-likeness (QED) is 0.882. The van der Waals surface area contributed by atoms with Crippen molar-refractivity contribution in [2.24, 2.45) is 5.92 Å². The molecule has 1 aromatic heterocycles. The summed E-state index contributed by atoms with van der Waals surface area (Å²) in [4.78, 5) is 4.27. The first kappa shape index (κ1) is 13.8. The molecule has 0 radical (unpaired) electrons. The Bertz CT molecular complexity index is 609. The number of benzene rings is 1. The highest BCUT2D eigenvalue weighted by molar-refractivity contribution is 5.47. The van der Waals surface area contributed by atoms with Crippen LogP contribution >= 0.6 is 0 Å². The van der Waals surface area contributed by atoms with E-state index in [1.165, 1.54) is 0 Å². The van der Waals surface area contributed by atoms with Gasteiger partial charge in [0.05, 0.1) is 5.69 Å². The van der Waals surface area contributed by atoms with E-state index < -0.39 is 0 Å². The van der Waals surface area contributed by atoms with Crippen LogP contribution in [-0.4, -0.2) is 18.3 Å². The van der Waals surface area contributed by atoms with Crippen molar-refractivity contribution in [3.8, 4) is 23.3 Å². The van der Waals surface area contributed by atoms with E-state index in [0.29, 0.717) is 29.7 Å². The zero-order valence-corrected chi connectivity index (χ0v) is 12.1. The first-order valence-corrected chi connectivity index (χ1v) is 6.93. The van der Waals surface area contributed by atoms with E-state index in [0.717, 1.165) is 12.2 Å². The zero-order valence-electron chi connectivity index (χ0n) is 12.1. The van der Waals surface area contributed by atoms with Crippen LogP contribution in [0.4, 0.5) is 0 Å². The summed E-state index contributed by atoms with van der Waals surface area (Å²) in [5, 5.41) is 3.30. The van der Waals surface area contributed by atoms with Crippen LogP contribution in [0.2, 0.25) is 0 Å². The molecule has 6 nitrogen and oxygen atoms in total. The number of fused-ring (bicyclic) bond motifs is 1. The van der Waals surface area contributed by atoms with Gasteiger partial charge in [-0.05, 0) is 24.6 Å². The highest BCUT2D eigenvalue weighted by Crippen LogP contribution is 2.36. The molecule has 0 amide bonds. The van der Waals surface area contributed by atoms with Crippen molar-refractivity contribution in [2.75, 3.05) is 13.3 Å². The summed E-state index contributed by atoms with van der Waals surface area (Å²) in [6, 6.07) is 5.34. The molecule has 112 valence electrons. The van der Waals surface area contributed by atoms with E-state index in [9.17, 15) is 0 Å². The summed E-state index contributed by atoms with van der Waals surface area (Å²) in [6.07, 6.45) is 1.81. The van der Waals surface area contributed by atoms with Crippen LogP contribution in [-0.2, 0) is 6.54 Å². The number of hydrogen-bond acceptors (Lipinski definition) is 6. The summed E-state index contributed by atoms with van der Waals surface area (Å²) in [5.74, 6) is 2.58. The molecule has 0 atom stereocenters. The fourth-order valence-corrected chi connectivity index (χ4v) is 1.95. The molecule has 2 heterocycles. The second-order valence-corrected chi connectivity index (χ2v) is 5.25. The molecule has 0 spiro atoms. The van der Waals surface area contributed by atoms with E-state index in [-0.39, 0.29) is 12.9 Å². The molecule has 1 aliphatic heterocycles. The summed E-state index contributed by atoms with van der Waals surface area (Å²) < 4.78 is 21.4. The van der Waals surface area contributed by atoms with E-state index >= 15 is 0 Å². The fourth-order valence-electron chi connectivity index (χ4n) is 1.95. The number of ether oxygens (including phenoxy) is 3. The van der Waals surface area contributed by atoms with Crippen molar-refractivity contribution in [3.63, 3.8) is 0 Å². The predicted octanol–water partition coefficient (Wildman–Crippen LogP) is 2.94. The Hall–Kier alpha value is -2.21. The summed E-state index contributed by atoms with van der Waals surface area (Å²) in [5.41, 5.74) is 0.811. The van der Waals surface area contributed by atoms with Crippen molar-refractivity contribution in [2.45, 2.75) is 20.4 Å². The highest BCUT2D eigenvalue weighted by Gasteiger charge is 2.15. The smallest absolute Gasteiger partial charge is 0.399 e. The third kappa shape index (κ3) is 3.46. The molecule has 0 saturated carbocycles. The van der Waals surface area contributed by atoms with Gasteiger partial charge >= 0.3 is 6.08 Å². The van der Waals surface area contributed by atoms with Crippen LogP contribution in [0.25, 0.3) is 0 Å². The predicted molar refractivity (Wildman–Crippen MR) is 75.7 cm³/mol. The van der Waals surface area contributed by atoms with Gasteiger partial charge in [0.15, 0.2) is 11.5 Å². The number of aromatic nitrogens is 1. The Morgan fingerprint density at radius 3 is 3.00 bits per heavy atom. The third-order valence-electron chi connectivity index (χ3n) is 2.94. The standard InChI is InChI=1S/C15H18N2O4/c1-10(2)6-16-7-11-8-18-15(17-11)21-12-3-4-13-14(5-12)20-9-19-13/h3-5,8,10,16H,6-7,9H2,1-2H3. The van der Waals surface area contributed by atoms with Crippen LogP contribution in [0.1, 0.15) is 19.5 Å². The highest BCUT2D eigenvalue weighted by atomic mass is 16.7. The molecule has 0 aliphatic carbocycles. The number of oxazole rings is 1. The lowest BCUT2D eigenvalue weighted by Gasteiger charge is -2.04. The normalized spacial score (nSPS) is 12.9. The molecule has 2 aromatic rings. The van der Waals surface area contributed by atoms with Crippen molar-refractivity contribution in [1.29, 1.82) is 0 Å². The lowest BCUT2D eigenvalue weighted by atomic mass is 10.2. The van der Waals surface area contributed by atoms with Crippen LogP contribution in [0.5, 0.6) is 23.3 Å². The van der Waals surface area contributed by atoms with Gasteiger partial charge in [-0.25, -0.2) is 0 Å². The molecule has 1 aromatic carbocycles. The van der Waals surface area contributed by atoms with Gasteiger partial charge in [0.25, 0.3) is 0 Å². The van der Waals surface area contributed by atoms with Crippen molar-refractivity contribution in [3.05, 3.63) is 30.2 Å². The zero-order chi connectivity index (χ0) is 14.7. The Morgan fingerprint density at radius 2 is 2.14 bits per heavy atom. The Labute approximate surface area is 123 Å². The maximum Gasteiger partial charge on any atom is 0.399 e. The lowest BCUT2D eigenvalue weighted by molar-refractivity contribution is 0.174. The van der Waals surface area contributed by atoms with Crippen molar-refractivity contribution >= 4 is 0 Å². The molecule has 3 rings (SSSR count). The van der Waals surface area contributed by atoms with Crippen LogP contribution in [0.15, 0.2) is 28.9 Å². The van der Waals surface area contributed by atoms with Crippen LogP contribution in [0, 0.1) is 5.92 Å². The maximum absolute atomic E-state index is 5.57. The van der Waals surface area contributed by atoms with Gasteiger partial charge in [0.2, 0.25) is 6.79 Å². The van der Waals surface area contributed by atoms with E-state index in [1.807, 2.05) is 0 Å². The number of nitrogens with zero attached hydrogens (tertiary/aromatic N) is 1. The monoisotopic (exact) mass is 290 g/mol. The van der Waals surface area contributed by atoms with Gasteiger partial charge < -0.3 is 23.9 Å². The van der Waals surface area contributed by atoms with Gasteiger partial charge in [0, 0.05) is 12.6 Å². The van der Waals surface area contributed by atoms with Crippen LogP contribution in [0.3, 0.4) is 0 Å². The molecule has 1 N–H and O–H groups in total. The second-order valence-electron chi connectivity index (χ2n) is 5.25. The lowest BCUT2D eigenvalue weighted by Crippen LogP contribution is -2.19. The average Bonchev–Trinajstić information content (AvgIpc) is 3.07. The summed E-state index contributed by atoms with van der Waals surface area (Å²) in [7, 11) is 0. The Morgan fingerprint density at radius 1 is 1.29 bits per heavy atom. The van der Waals surface area contributed by atoms with E-state index in [2.05, 4.69) is 24.1 Å². The first-order valence-electron chi connectivity index (χ1n) is 6.93. The molecule has 0 unspecified atom stereocenters. The van der Waals surface area contributed by atoms with Gasteiger partial charge in [-0.2, -0.15) is 4.98 Å². The minimum absolute atomic E-state index is 0.218. The molecule has 21 heavy (non-hydrogen) atoms. The minimum atomic E-state index is 0.218.